The first-order valence-corrected chi connectivity index (χ1v) is 8.70. The van der Waals surface area contributed by atoms with Crippen LogP contribution in [0.1, 0.15) is 38.6 Å². The molecule has 0 spiro atoms. The molecule has 1 aliphatic carbocycles. The van der Waals surface area contributed by atoms with Crippen LogP contribution in [0.5, 0.6) is 0 Å². The summed E-state index contributed by atoms with van der Waals surface area (Å²) in [5, 5.41) is 0. The Morgan fingerprint density at radius 1 is 1.19 bits per heavy atom. The second kappa shape index (κ2) is 6.19. The maximum Gasteiger partial charge on any atom is 0.337 e. The van der Waals surface area contributed by atoms with E-state index in [0.717, 1.165) is 42.4 Å². The van der Waals surface area contributed by atoms with Gasteiger partial charge in [-0.25, -0.2) is 23.1 Å². The van der Waals surface area contributed by atoms with Gasteiger partial charge in [0.15, 0.2) is 11.2 Å². The van der Waals surface area contributed by atoms with Crippen molar-refractivity contribution in [1.82, 2.24) is 18.7 Å². The highest BCUT2D eigenvalue weighted by molar-refractivity contribution is 5.72. The van der Waals surface area contributed by atoms with Crippen LogP contribution < -0.4 is 11.2 Å². The first-order chi connectivity index (χ1) is 12.5. The van der Waals surface area contributed by atoms with Crippen molar-refractivity contribution in [3.63, 3.8) is 0 Å². The van der Waals surface area contributed by atoms with E-state index in [2.05, 4.69) is 4.98 Å². The lowest BCUT2D eigenvalue weighted by Gasteiger charge is -2.17. The molecular weight excluding hydrogens is 342 g/mol. The summed E-state index contributed by atoms with van der Waals surface area (Å²) in [6.07, 6.45) is 4.79. The van der Waals surface area contributed by atoms with Crippen LogP contribution in [0.15, 0.2) is 34.1 Å². The van der Waals surface area contributed by atoms with Crippen LogP contribution in [-0.2, 0) is 6.54 Å². The molecule has 0 bridgehead atoms. The number of imidazole rings is 1. The Balaban J connectivity index is 2.13. The molecule has 8 heteroatoms. The summed E-state index contributed by atoms with van der Waals surface area (Å²) in [6, 6.07) is 2.78. The van der Waals surface area contributed by atoms with E-state index in [1.54, 1.807) is 4.57 Å². The van der Waals surface area contributed by atoms with Crippen molar-refractivity contribution < 1.29 is 8.78 Å². The summed E-state index contributed by atoms with van der Waals surface area (Å²) in [5.41, 5.74) is -0.824. The highest BCUT2D eigenvalue weighted by Crippen LogP contribution is 2.28. The number of benzene rings is 1. The van der Waals surface area contributed by atoms with Crippen LogP contribution >= 0.6 is 0 Å². The lowest BCUT2D eigenvalue weighted by atomic mass is 10.2. The van der Waals surface area contributed by atoms with E-state index in [9.17, 15) is 18.4 Å². The molecule has 1 aromatic carbocycles. The van der Waals surface area contributed by atoms with Crippen LogP contribution in [0, 0.1) is 11.6 Å². The normalized spacial score (nSPS) is 15.2. The summed E-state index contributed by atoms with van der Waals surface area (Å²) >= 11 is 0. The van der Waals surface area contributed by atoms with Crippen molar-refractivity contribution in [2.24, 2.45) is 0 Å². The molecule has 0 amide bonds. The van der Waals surface area contributed by atoms with E-state index in [1.807, 2.05) is 6.92 Å². The van der Waals surface area contributed by atoms with Crippen molar-refractivity contribution in [3.8, 4) is 5.69 Å². The number of hydrogen-bond acceptors (Lipinski definition) is 3. The molecule has 1 saturated carbocycles. The third-order valence-electron chi connectivity index (χ3n) is 5.03. The van der Waals surface area contributed by atoms with Gasteiger partial charge in [0.1, 0.15) is 11.6 Å². The third-order valence-corrected chi connectivity index (χ3v) is 5.03. The van der Waals surface area contributed by atoms with Crippen LogP contribution in [0.2, 0.25) is 0 Å². The van der Waals surface area contributed by atoms with Crippen molar-refractivity contribution in [2.45, 2.75) is 45.2 Å². The van der Waals surface area contributed by atoms with E-state index in [1.165, 1.54) is 17.0 Å². The topological polar surface area (TPSA) is 61.8 Å². The summed E-state index contributed by atoms with van der Waals surface area (Å²) in [4.78, 5) is 30.3. The van der Waals surface area contributed by atoms with Gasteiger partial charge in [0, 0.05) is 18.7 Å². The highest BCUT2D eigenvalue weighted by atomic mass is 19.1. The second-order valence-corrected chi connectivity index (χ2v) is 6.53. The fourth-order valence-corrected chi connectivity index (χ4v) is 3.76. The Morgan fingerprint density at radius 3 is 2.58 bits per heavy atom. The SMILES string of the molecule is CCn1cnc2c1c(=O)n(C1CCCC1)c(=O)n2-c1ccc(F)cc1F. The summed E-state index contributed by atoms with van der Waals surface area (Å²) < 4.78 is 31.7. The standard InChI is InChI=1S/C18H18F2N4O2/c1-2-22-10-21-16-15(22)17(25)23(12-5-3-4-6-12)18(26)24(16)14-8-7-11(19)9-13(14)20/h7-10,12H,2-6H2,1H3. The molecular formula is C18H18F2N4O2. The van der Waals surface area contributed by atoms with Gasteiger partial charge in [0.05, 0.1) is 12.0 Å². The monoisotopic (exact) mass is 360 g/mol. The molecule has 1 fully saturated rings. The molecule has 2 heterocycles. The van der Waals surface area contributed by atoms with Gasteiger partial charge >= 0.3 is 5.69 Å². The van der Waals surface area contributed by atoms with E-state index in [-0.39, 0.29) is 22.9 Å². The number of aryl methyl sites for hydroxylation is 1. The maximum absolute atomic E-state index is 14.4. The van der Waals surface area contributed by atoms with Crippen LogP contribution in [-0.4, -0.2) is 18.7 Å². The van der Waals surface area contributed by atoms with Crippen molar-refractivity contribution in [1.29, 1.82) is 0 Å². The van der Waals surface area contributed by atoms with E-state index >= 15 is 0 Å². The van der Waals surface area contributed by atoms with Crippen molar-refractivity contribution in [3.05, 3.63) is 57.0 Å². The van der Waals surface area contributed by atoms with Gasteiger partial charge in [0.2, 0.25) is 0 Å². The summed E-state index contributed by atoms with van der Waals surface area (Å²) in [6.45, 7) is 2.34. The zero-order valence-electron chi connectivity index (χ0n) is 14.3. The third kappa shape index (κ3) is 2.40. The van der Waals surface area contributed by atoms with Gasteiger partial charge in [-0.2, -0.15) is 0 Å². The molecule has 0 N–H and O–H groups in total. The molecule has 4 rings (SSSR count). The Morgan fingerprint density at radius 2 is 1.92 bits per heavy atom. The van der Waals surface area contributed by atoms with Gasteiger partial charge in [-0.15, -0.1) is 0 Å². The van der Waals surface area contributed by atoms with Gasteiger partial charge in [-0.05, 0) is 31.9 Å². The molecule has 0 saturated heterocycles. The number of aromatic nitrogens is 4. The number of fused-ring (bicyclic) bond motifs is 1. The van der Waals surface area contributed by atoms with Crippen LogP contribution in [0.4, 0.5) is 8.78 Å². The Hall–Kier alpha value is -2.77. The first-order valence-electron chi connectivity index (χ1n) is 8.70. The Labute approximate surface area is 147 Å². The Kier molecular flexibility index (Phi) is 3.97. The van der Waals surface area contributed by atoms with Crippen molar-refractivity contribution in [2.75, 3.05) is 0 Å². The fraction of sp³-hybridized carbons (Fsp3) is 0.389. The van der Waals surface area contributed by atoms with Gasteiger partial charge in [-0.1, -0.05) is 12.8 Å². The maximum atomic E-state index is 14.4. The smallest absolute Gasteiger partial charge is 0.325 e. The number of nitrogens with zero attached hydrogens (tertiary/aromatic N) is 4. The zero-order chi connectivity index (χ0) is 18.4. The zero-order valence-corrected chi connectivity index (χ0v) is 14.3. The molecule has 0 aliphatic heterocycles. The van der Waals surface area contributed by atoms with E-state index < -0.39 is 22.9 Å². The van der Waals surface area contributed by atoms with Crippen LogP contribution in [0.25, 0.3) is 16.9 Å². The minimum atomic E-state index is -0.879. The predicted molar refractivity (Wildman–Crippen MR) is 92.7 cm³/mol. The summed E-state index contributed by atoms with van der Waals surface area (Å²) in [5.74, 6) is -1.62. The van der Waals surface area contributed by atoms with Crippen molar-refractivity contribution >= 4 is 11.2 Å². The molecule has 0 atom stereocenters. The quantitative estimate of drug-likeness (QED) is 0.722. The molecule has 0 unspecified atom stereocenters. The van der Waals surface area contributed by atoms with Crippen LogP contribution in [0.3, 0.4) is 0 Å². The van der Waals surface area contributed by atoms with E-state index in [4.69, 9.17) is 0 Å². The minimum Gasteiger partial charge on any atom is -0.325 e. The number of hydrogen-bond donors (Lipinski definition) is 0. The second-order valence-electron chi connectivity index (χ2n) is 6.53. The lowest BCUT2D eigenvalue weighted by molar-refractivity contribution is 0.472. The predicted octanol–water partition coefficient (Wildman–Crippen LogP) is 2.76. The van der Waals surface area contributed by atoms with Gasteiger partial charge in [-0.3, -0.25) is 9.36 Å². The average Bonchev–Trinajstić information content (AvgIpc) is 3.26. The molecule has 0 radical (unpaired) electrons. The number of halogens is 2. The first kappa shape index (κ1) is 16.7. The average molecular weight is 360 g/mol. The summed E-state index contributed by atoms with van der Waals surface area (Å²) in [7, 11) is 0. The lowest BCUT2D eigenvalue weighted by Crippen LogP contribution is -2.42. The number of rotatable bonds is 3. The van der Waals surface area contributed by atoms with E-state index in [0.29, 0.717) is 6.54 Å². The van der Waals surface area contributed by atoms with Gasteiger partial charge < -0.3 is 4.57 Å². The molecule has 6 nitrogen and oxygen atoms in total. The minimum absolute atomic E-state index is 0.0848. The largest absolute Gasteiger partial charge is 0.337 e. The molecule has 1 aliphatic rings. The molecule has 3 aromatic rings. The molecule has 136 valence electrons. The fourth-order valence-electron chi connectivity index (χ4n) is 3.76. The molecule has 26 heavy (non-hydrogen) atoms. The molecule has 2 aromatic heterocycles. The van der Waals surface area contributed by atoms with Gasteiger partial charge in [0.25, 0.3) is 5.56 Å². The Bertz CT molecular complexity index is 1110. The highest BCUT2D eigenvalue weighted by Gasteiger charge is 2.26.